The molecule has 2 fully saturated rings. The number of hydrogen-bond acceptors (Lipinski definition) is 5. The van der Waals surface area contributed by atoms with Crippen molar-refractivity contribution in [2.24, 2.45) is 28.8 Å². The van der Waals surface area contributed by atoms with Gasteiger partial charge in [-0.25, -0.2) is 4.79 Å². The van der Waals surface area contributed by atoms with Crippen LogP contribution in [0.25, 0.3) is 11.3 Å². The van der Waals surface area contributed by atoms with Crippen LogP contribution in [0.5, 0.6) is 0 Å². The first kappa shape index (κ1) is 17.6. The summed E-state index contributed by atoms with van der Waals surface area (Å²) < 4.78 is 5.72. The fourth-order valence-corrected chi connectivity index (χ4v) is 4.64. The van der Waals surface area contributed by atoms with Crippen LogP contribution in [0.15, 0.2) is 58.1 Å². The van der Waals surface area contributed by atoms with Crippen LogP contribution in [0, 0.1) is 23.7 Å². The van der Waals surface area contributed by atoms with Gasteiger partial charge in [0.1, 0.15) is 11.5 Å². The number of furan rings is 1. The molecule has 2 heterocycles. The molecule has 146 valence electrons. The number of allylic oxidation sites excluding steroid dienone is 2. The quantitative estimate of drug-likeness (QED) is 0.491. The molecule has 2 amide bonds. The third-order valence-corrected chi connectivity index (χ3v) is 6.08. The Kier molecular flexibility index (Phi) is 3.97. The Balaban J connectivity index is 1.34. The molecule has 1 saturated carbocycles. The Morgan fingerprint density at radius 3 is 2.17 bits per heavy atom. The summed E-state index contributed by atoms with van der Waals surface area (Å²) in [6.07, 6.45) is 7.41. The van der Waals surface area contributed by atoms with E-state index in [1.54, 1.807) is 24.3 Å². The zero-order valence-electron chi connectivity index (χ0n) is 15.4. The fraction of sp³-hybridized carbons (Fsp3) is 0.273. The summed E-state index contributed by atoms with van der Waals surface area (Å²) in [5.41, 5.74) is 0.912. The van der Waals surface area contributed by atoms with Crippen molar-refractivity contribution >= 4 is 24.0 Å². The SMILES string of the molecule is O=C(O)c1ccc(-c2ccc(/C=N\N3C(=O)[C@@H]4[C@H](C3=O)[C@H]3C=C[C@H]4CC3)o2)cc1. The van der Waals surface area contributed by atoms with Gasteiger partial charge in [-0.1, -0.05) is 24.3 Å². The van der Waals surface area contributed by atoms with E-state index in [1.807, 2.05) is 0 Å². The van der Waals surface area contributed by atoms with Crippen molar-refractivity contribution in [3.05, 3.63) is 59.9 Å². The molecule has 0 unspecified atom stereocenters. The number of benzene rings is 1. The lowest BCUT2D eigenvalue weighted by Gasteiger charge is -2.37. The molecule has 7 nitrogen and oxygen atoms in total. The lowest BCUT2D eigenvalue weighted by molar-refractivity contribution is -0.140. The van der Waals surface area contributed by atoms with E-state index in [-0.39, 0.29) is 41.0 Å². The van der Waals surface area contributed by atoms with Crippen LogP contribution in [-0.2, 0) is 9.59 Å². The van der Waals surface area contributed by atoms with E-state index < -0.39 is 5.97 Å². The molecule has 0 spiro atoms. The standard InChI is InChI=1S/C22H18N2O5/c25-20-18-13-3-4-14(6-5-13)19(18)21(26)24(20)23-11-16-9-10-17(29-16)12-1-7-15(8-2-12)22(27)28/h1-4,7-11,13-14,18-19H,5-6H2,(H,27,28)/b23-11-/t13-,14-,18-,19+/m0/s1. The zero-order valence-corrected chi connectivity index (χ0v) is 15.4. The lowest BCUT2D eigenvalue weighted by Crippen LogP contribution is -2.38. The van der Waals surface area contributed by atoms with Gasteiger partial charge in [-0.3, -0.25) is 9.59 Å². The summed E-state index contributed by atoms with van der Waals surface area (Å²) in [7, 11) is 0. The first-order valence-corrected chi connectivity index (χ1v) is 9.56. The van der Waals surface area contributed by atoms with Crippen molar-refractivity contribution in [2.75, 3.05) is 0 Å². The maximum Gasteiger partial charge on any atom is 0.335 e. The third kappa shape index (κ3) is 2.81. The maximum absolute atomic E-state index is 12.8. The number of rotatable bonds is 4. The highest BCUT2D eigenvalue weighted by Gasteiger charge is 2.56. The minimum Gasteiger partial charge on any atom is -0.478 e. The summed E-state index contributed by atoms with van der Waals surface area (Å²) in [6.45, 7) is 0. The van der Waals surface area contributed by atoms with E-state index in [1.165, 1.54) is 18.3 Å². The van der Waals surface area contributed by atoms with Gasteiger partial charge in [0.2, 0.25) is 0 Å². The average Bonchev–Trinajstić information content (AvgIpc) is 3.32. The first-order valence-electron chi connectivity index (χ1n) is 9.56. The van der Waals surface area contributed by atoms with Crippen molar-refractivity contribution in [3.63, 3.8) is 0 Å². The number of nitrogens with zero attached hydrogens (tertiary/aromatic N) is 2. The number of carboxylic acids is 1. The molecule has 3 aliphatic carbocycles. The molecular formula is C22H18N2O5. The molecule has 1 aliphatic heterocycles. The summed E-state index contributed by atoms with van der Waals surface area (Å²) in [5, 5.41) is 14.1. The minimum atomic E-state index is -0.993. The number of fused-ring (bicyclic) bond motifs is 1. The van der Waals surface area contributed by atoms with Gasteiger partial charge in [-0.15, -0.1) is 0 Å². The van der Waals surface area contributed by atoms with E-state index >= 15 is 0 Å². The van der Waals surface area contributed by atoms with Gasteiger partial charge in [0.05, 0.1) is 23.6 Å². The second kappa shape index (κ2) is 6.55. The number of carbonyl (C=O) groups is 3. The monoisotopic (exact) mass is 390 g/mol. The maximum atomic E-state index is 12.8. The number of aromatic carboxylic acids is 1. The van der Waals surface area contributed by atoms with Crippen molar-refractivity contribution in [1.82, 2.24) is 5.01 Å². The topological polar surface area (TPSA) is 100 Å². The second-order valence-electron chi connectivity index (χ2n) is 7.66. The van der Waals surface area contributed by atoms with Crippen molar-refractivity contribution in [1.29, 1.82) is 0 Å². The lowest BCUT2D eigenvalue weighted by atomic mass is 9.63. The third-order valence-electron chi connectivity index (χ3n) is 6.08. The van der Waals surface area contributed by atoms with Gasteiger partial charge >= 0.3 is 5.97 Å². The fourth-order valence-electron chi connectivity index (χ4n) is 4.64. The number of amides is 2. The van der Waals surface area contributed by atoms with Crippen LogP contribution >= 0.6 is 0 Å². The number of carbonyl (C=O) groups excluding carboxylic acids is 2. The van der Waals surface area contributed by atoms with Crippen LogP contribution in [0.1, 0.15) is 29.0 Å². The molecule has 2 bridgehead atoms. The van der Waals surface area contributed by atoms with Crippen LogP contribution in [0.2, 0.25) is 0 Å². The number of imide groups is 1. The molecule has 1 saturated heterocycles. The molecule has 4 atom stereocenters. The molecule has 0 radical (unpaired) electrons. The van der Waals surface area contributed by atoms with E-state index in [0.717, 1.165) is 23.4 Å². The molecule has 6 rings (SSSR count). The number of hydrazone groups is 1. The Bertz CT molecular complexity index is 1030. The van der Waals surface area contributed by atoms with Crippen molar-refractivity contribution in [2.45, 2.75) is 12.8 Å². The normalized spacial score (nSPS) is 27.8. The zero-order chi connectivity index (χ0) is 20.1. The van der Waals surface area contributed by atoms with E-state index in [0.29, 0.717) is 11.5 Å². The van der Waals surface area contributed by atoms with E-state index in [2.05, 4.69) is 17.3 Å². The van der Waals surface area contributed by atoms with Gasteiger partial charge in [0.25, 0.3) is 11.8 Å². The highest BCUT2D eigenvalue weighted by molar-refractivity contribution is 6.06. The minimum absolute atomic E-state index is 0.130. The van der Waals surface area contributed by atoms with Gasteiger partial charge in [0.15, 0.2) is 0 Å². The smallest absolute Gasteiger partial charge is 0.335 e. The average molecular weight is 390 g/mol. The Morgan fingerprint density at radius 2 is 1.62 bits per heavy atom. The molecule has 7 heteroatoms. The summed E-state index contributed by atoms with van der Waals surface area (Å²) >= 11 is 0. The van der Waals surface area contributed by atoms with Gasteiger partial charge < -0.3 is 9.52 Å². The van der Waals surface area contributed by atoms with E-state index in [9.17, 15) is 14.4 Å². The molecule has 2 aromatic rings. The van der Waals surface area contributed by atoms with Crippen molar-refractivity contribution in [3.8, 4) is 11.3 Å². The largest absolute Gasteiger partial charge is 0.478 e. The van der Waals surface area contributed by atoms with Crippen molar-refractivity contribution < 1.29 is 23.9 Å². The number of carboxylic acid groups (broad SMARTS) is 1. The van der Waals surface area contributed by atoms with E-state index in [4.69, 9.17) is 9.52 Å². The predicted molar refractivity (Wildman–Crippen MR) is 103 cm³/mol. The first-order chi connectivity index (χ1) is 14.0. The highest BCUT2D eigenvalue weighted by Crippen LogP contribution is 2.49. The number of hydrogen-bond donors (Lipinski definition) is 1. The molecular weight excluding hydrogens is 372 g/mol. The van der Waals surface area contributed by atoms with Crippen LogP contribution < -0.4 is 0 Å². The van der Waals surface area contributed by atoms with Crippen LogP contribution in [0.4, 0.5) is 0 Å². The van der Waals surface area contributed by atoms with Gasteiger partial charge in [-0.2, -0.15) is 10.1 Å². The Morgan fingerprint density at radius 1 is 1.00 bits per heavy atom. The van der Waals surface area contributed by atoms with Crippen LogP contribution in [-0.4, -0.2) is 34.1 Å². The van der Waals surface area contributed by atoms with Crippen LogP contribution in [0.3, 0.4) is 0 Å². The van der Waals surface area contributed by atoms with Gasteiger partial charge in [0, 0.05) is 5.56 Å². The van der Waals surface area contributed by atoms with Gasteiger partial charge in [-0.05, 0) is 48.9 Å². The molecule has 1 aromatic carbocycles. The Hall–Kier alpha value is -3.48. The molecule has 4 aliphatic rings. The summed E-state index contributed by atoms with van der Waals surface area (Å²) in [5.74, 6) is -0.828. The second-order valence-corrected chi connectivity index (χ2v) is 7.66. The molecule has 1 aromatic heterocycles. The predicted octanol–water partition coefficient (Wildman–Crippen LogP) is 3.18. The summed E-state index contributed by atoms with van der Waals surface area (Å²) in [4.78, 5) is 36.5. The molecule has 1 N–H and O–H groups in total. The highest BCUT2D eigenvalue weighted by atomic mass is 16.4. The molecule has 29 heavy (non-hydrogen) atoms. The summed E-state index contributed by atoms with van der Waals surface area (Å²) in [6, 6.07) is 9.73. The Labute approximate surface area is 166 Å².